The Bertz CT molecular complexity index is 527. The molecule has 2 rings (SSSR count). The van der Waals surface area contributed by atoms with E-state index in [1.807, 2.05) is 6.92 Å². The normalized spacial score (nSPS) is 12.7. The van der Waals surface area contributed by atoms with Crippen molar-refractivity contribution in [2.75, 3.05) is 0 Å². The predicted molar refractivity (Wildman–Crippen MR) is 56.9 cm³/mol. The quantitative estimate of drug-likeness (QED) is 0.893. The van der Waals surface area contributed by atoms with Gasteiger partial charge in [-0.3, -0.25) is 0 Å². The van der Waals surface area contributed by atoms with Gasteiger partial charge in [0.25, 0.3) is 5.89 Å². The molecule has 0 aliphatic heterocycles. The topological polar surface area (TPSA) is 64.9 Å². The molecule has 0 amide bonds. The predicted octanol–water partition coefficient (Wildman–Crippen LogP) is 2.42. The molecule has 0 fully saturated rings. The number of benzene rings is 1. The minimum atomic E-state index is -0.745. The van der Waals surface area contributed by atoms with Gasteiger partial charge in [-0.25, -0.2) is 8.78 Å². The summed E-state index contributed by atoms with van der Waals surface area (Å²) in [6, 6.07) is 2.76. The van der Waals surface area contributed by atoms with Gasteiger partial charge in [0.05, 0.1) is 11.6 Å². The van der Waals surface area contributed by atoms with Crippen LogP contribution in [0.2, 0.25) is 0 Å². The summed E-state index contributed by atoms with van der Waals surface area (Å²) in [4.78, 5) is 0. The lowest BCUT2D eigenvalue weighted by atomic mass is 10.2. The van der Waals surface area contributed by atoms with Crippen LogP contribution in [-0.2, 0) is 0 Å². The van der Waals surface area contributed by atoms with Crippen LogP contribution in [0.3, 0.4) is 0 Å². The van der Waals surface area contributed by atoms with Crippen LogP contribution in [0, 0.1) is 11.6 Å². The van der Waals surface area contributed by atoms with E-state index in [2.05, 4.69) is 10.2 Å². The van der Waals surface area contributed by atoms with Crippen molar-refractivity contribution in [3.05, 3.63) is 35.7 Å². The summed E-state index contributed by atoms with van der Waals surface area (Å²) in [7, 11) is 0. The van der Waals surface area contributed by atoms with E-state index in [-0.39, 0.29) is 23.4 Å². The first-order chi connectivity index (χ1) is 8.11. The Balaban J connectivity index is 2.37. The van der Waals surface area contributed by atoms with Crippen molar-refractivity contribution in [3.8, 4) is 11.5 Å². The van der Waals surface area contributed by atoms with Crippen molar-refractivity contribution in [2.24, 2.45) is 5.73 Å². The molecule has 1 atom stereocenters. The molecule has 0 bridgehead atoms. The van der Waals surface area contributed by atoms with Gasteiger partial charge < -0.3 is 10.2 Å². The summed E-state index contributed by atoms with van der Waals surface area (Å²) in [5.41, 5.74) is 5.76. The lowest BCUT2D eigenvalue weighted by Gasteiger charge is -2.01. The third-order valence-electron chi connectivity index (χ3n) is 2.36. The van der Waals surface area contributed by atoms with E-state index >= 15 is 0 Å². The van der Waals surface area contributed by atoms with Gasteiger partial charge in [-0.1, -0.05) is 6.92 Å². The molecule has 17 heavy (non-hydrogen) atoms. The van der Waals surface area contributed by atoms with E-state index in [4.69, 9.17) is 10.2 Å². The van der Waals surface area contributed by atoms with Crippen molar-refractivity contribution >= 4 is 0 Å². The van der Waals surface area contributed by atoms with Crippen molar-refractivity contribution in [2.45, 2.75) is 19.4 Å². The third-order valence-corrected chi connectivity index (χ3v) is 2.36. The lowest BCUT2D eigenvalue weighted by molar-refractivity contribution is 0.450. The van der Waals surface area contributed by atoms with Gasteiger partial charge in [-0.2, -0.15) is 0 Å². The second kappa shape index (κ2) is 4.58. The molecule has 2 aromatic rings. The fourth-order valence-corrected chi connectivity index (χ4v) is 1.33. The van der Waals surface area contributed by atoms with Crippen molar-refractivity contribution < 1.29 is 13.2 Å². The second-order valence-corrected chi connectivity index (χ2v) is 3.58. The maximum Gasteiger partial charge on any atom is 0.250 e. The Morgan fingerprint density at radius 2 is 2.12 bits per heavy atom. The van der Waals surface area contributed by atoms with Crippen molar-refractivity contribution in [3.63, 3.8) is 0 Å². The molecule has 0 aliphatic rings. The molecule has 1 unspecified atom stereocenters. The van der Waals surface area contributed by atoms with E-state index in [9.17, 15) is 8.78 Å². The molecule has 6 heteroatoms. The minimum Gasteiger partial charge on any atom is -0.419 e. The van der Waals surface area contributed by atoms with E-state index in [0.29, 0.717) is 6.42 Å². The van der Waals surface area contributed by atoms with Gasteiger partial charge in [-0.15, -0.1) is 10.2 Å². The lowest BCUT2D eigenvalue weighted by Crippen LogP contribution is -2.08. The number of hydrogen-bond acceptors (Lipinski definition) is 4. The smallest absolute Gasteiger partial charge is 0.250 e. The third kappa shape index (κ3) is 2.31. The fourth-order valence-electron chi connectivity index (χ4n) is 1.33. The van der Waals surface area contributed by atoms with Crippen molar-refractivity contribution in [1.82, 2.24) is 10.2 Å². The molecule has 1 aromatic carbocycles. The first-order valence-electron chi connectivity index (χ1n) is 5.16. The molecular formula is C11H11F2N3O. The number of rotatable bonds is 3. The second-order valence-electron chi connectivity index (χ2n) is 3.58. The van der Waals surface area contributed by atoms with Crippen LogP contribution >= 0.6 is 0 Å². The van der Waals surface area contributed by atoms with Crippen molar-refractivity contribution in [1.29, 1.82) is 0 Å². The van der Waals surface area contributed by atoms with Crippen LogP contribution in [0.15, 0.2) is 22.6 Å². The summed E-state index contributed by atoms with van der Waals surface area (Å²) in [5.74, 6) is -1.16. The molecule has 1 aromatic heterocycles. The standard InChI is InChI=1S/C11H11F2N3O/c1-2-9(14)11-16-15-10(17-11)7-4-3-6(12)5-8(7)13/h3-5,9H,2,14H2,1H3. The molecule has 0 spiro atoms. The van der Waals surface area contributed by atoms with Crippen LogP contribution in [-0.4, -0.2) is 10.2 Å². The highest BCUT2D eigenvalue weighted by atomic mass is 19.1. The van der Waals surface area contributed by atoms with Gasteiger partial charge >= 0.3 is 0 Å². The molecule has 2 N–H and O–H groups in total. The van der Waals surface area contributed by atoms with Crippen LogP contribution in [0.1, 0.15) is 25.3 Å². The van der Waals surface area contributed by atoms with Crippen LogP contribution < -0.4 is 5.73 Å². The molecule has 90 valence electrons. The van der Waals surface area contributed by atoms with Gasteiger partial charge in [-0.05, 0) is 18.6 Å². The summed E-state index contributed by atoms with van der Waals surface area (Å²) in [5, 5.41) is 7.41. The SMILES string of the molecule is CCC(N)c1nnc(-c2ccc(F)cc2F)o1. The van der Waals surface area contributed by atoms with Gasteiger partial charge in [0.2, 0.25) is 5.89 Å². The average Bonchev–Trinajstić information content (AvgIpc) is 2.77. The number of nitrogens with zero attached hydrogens (tertiary/aromatic N) is 2. The van der Waals surface area contributed by atoms with Crippen LogP contribution in [0.4, 0.5) is 8.78 Å². The highest BCUT2D eigenvalue weighted by Gasteiger charge is 2.16. The van der Waals surface area contributed by atoms with E-state index in [0.717, 1.165) is 12.1 Å². The number of nitrogens with two attached hydrogens (primary N) is 1. The first kappa shape index (κ1) is 11.7. The van der Waals surface area contributed by atoms with Gasteiger partial charge in [0, 0.05) is 6.07 Å². The molecule has 4 nitrogen and oxygen atoms in total. The maximum absolute atomic E-state index is 13.4. The minimum absolute atomic E-state index is 0.00130. The number of aromatic nitrogens is 2. The Kier molecular flexibility index (Phi) is 3.14. The summed E-state index contributed by atoms with van der Waals surface area (Å²) >= 11 is 0. The Morgan fingerprint density at radius 3 is 2.76 bits per heavy atom. The van der Waals surface area contributed by atoms with Crippen LogP contribution in [0.5, 0.6) is 0 Å². The van der Waals surface area contributed by atoms with E-state index < -0.39 is 11.6 Å². The van der Waals surface area contributed by atoms with Crippen LogP contribution in [0.25, 0.3) is 11.5 Å². The average molecular weight is 239 g/mol. The summed E-state index contributed by atoms with van der Waals surface area (Å²) in [6.07, 6.45) is 0.632. The molecule has 0 saturated carbocycles. The largest absolute Gasteiger partial charge is 0.419 e. The molecule has 1 heterocycles. The van der Waals surface area contributed by atoms with Gasteiger partial charge in [0.1, 0.15) is 11.6 Å². The van der Waals surface area contributed by atoms with E-state index in [1.165, 1.54) is 6.07 Å². The monoisotopic (exact) mass is 239 g/mol. The summed E-state index contributed by atoms with van der Waals surface area (Å²) in [6.45, 7) is 1.87. The Hall–Kier alpha value is -1.82. The Morgan fingerprint density at radius 1 is 1.35 bits per heavy atom. The van der Waals surface area contributed by atoms with E-state index in [1.54, 1.807) is 0 Å². The number of halogens is 2. The molecule has 0 saturated heterocycles. The molecular weight excluding hydrogens is 228 g/mol. The highest BCUT2D eigenvalue weighted by molar-refractivity contribution is 5.53. The zero-order valence-corrected chi connectivity index (χ0v) is 9.15. The Labute approximate surface area is 96.5 Å². The molecule has 0 aliphatic carbocycles. The highest BCUT2D eigenvalue weighted by Crippen LogP contribution is 2.24. The zero-order valence-electron chi connectivity index (χ0n) is 9.15. The number of hydrogen-bond donors (Lipinski definition) is 1. The zero-order chi connectivity index (χ0) is 12.4. The van der Waals surface area contributed by atoms with Gasteiger partial charge in [0.15, 0.2) is 0 Å². The first-order valence-corrected chi connectivity index (χ1v) is 5.16. The summed E-state index contributed by atoms with van der Waals surface area (Å²) < 4.78 is 31.4. The maximum atomic E-state index is 13.4. The fraction of sp³-hybridized carbons (Fsp3) is 0.273. The molecule has 0 radical (unpaired) electrons.